The Kier molecular flexibility index (Phi) is 27.0. The van der Waals surface area contributed by atoms with Gasteiger partial charge in [-0.3, -0.25) is 4.79 Å². The zero-order valence-electron chi connectivity index (χ0n) is 23.6. The third-order valence-electron chi connectivity index (χ3n) is 7.02. The fraction of sp³-hybridized carbons (Fsp3) is 0.903. The summed E-state index contributed by atoms with van der Waals surface area (Å²) < 4.78 is 0. The van der Waals surface area contributed by atoms with E-state index >= 15 is 0 Å². The summed E-state index contributed by atoms with van der Waals surface area (Å²) in [5.41, 5.74) is 0. The number of aliphatic hydroxyl groups excluding tert-OH is 2. The van der Waals surface area contributed by atoms with Crippen molar-refractivity contribution >= 4 is 5.91 Å². The van der Waals surface area contributed by atoms with E-state index in [9.17, 15) is 15.0 Å². The minimum atomic E-state index is -0.829. The lowest BCUT2D eigenvalue weighted by atomic mass is 10.0. The SMILES string of the molecule is CCCCCCCCCCCCCCC/C=C/C(O)C(CO)NC(=O)CCCCCCCCCC. The predicted molar refractivity (Wildman–Crippen MR) is 152 cm³/mol. The van der Waals surface area contributed by atoms with Crippen molar-refractivity contribution in [2.24, 2.45) is 0 Å². The Balaban J connectivity index is 3.64. The topological polar surface area (TPSA) is 69.6 Å². The first-order chi connectivity index (χ1) is 17.2. The summed E-state index contributed by atoms with van der Waals surface area (Å²) in [6.45, 7) is 4.26. The maximum atomic E-state index is 12.1. The van der Waals surface area contributed by atoms with E-state index in [2.05, 4.69) is 19.2 Å². The highest BCUT2D eigenvalue weighted by Gasteiger charge is 2.17. The number of carbonyl (C=O) groups excluding carboxylic acids is 1. The van der Waals surface area contributed by atoms with E-state index in [1.54, 1.807) is 6.08 Å². The Morgan fingerprint density at radius 2 is 1.06 bits per heavy atom. The van der Waals surface area contributed by atoms with E-state index in [1.165, 1.54) is 116 Å². The maximum absolute atomic E-state index is 12.1. The molecule has 4 nitrogen and oxygen atoms in total. The molecule has 0 rings (SSSR count). The van der Waals surface area contributed by atoms with Crippen LogP contribution in [0.2, 0.25) is 0 Å². The second-order valence-corrected chi connectivity index (χ2v) is 10.5. The van der Waals surface area contributed by atoms with E-state index in [4.69, 9.17) is 0 Å². The minimum absolute atomic E-state index is 0.0704. The molecule has 35 heavy (non-hydrogen) atoms. The van der Waals surface area contributed by atoms with Gasteiger partial charge in [-0.25, -0.2) is 0 Å². The fourth-order valence-corrected chi connectivity index (χ4v) is 4.59. The van der Waals surface area contributed by atoms with Gasteiger partial charge in [0, 0.05) is 6.42 Å². The van der Waals surface area contributed by atoms with Crippen LogP contribution in [0.3, 0.4) is 0 Å². The molecule has 0 aromatic rings. The first-order valence-corrected chi connectivity index (χ1v) is 15.4. The lowest BCUT2D eigenvalue weighted by molar-refractivity contribution is -0.123. The molecular formula is C31H61NO3. The van der Waals surface area contributed by atoms with Crippen LogP contribution in [0.25, 0.3) is 0 Å². The van der Waals surface area contributed by atoms with Gasteiger partial charge in [0.25, 0.3) is 0 Å². The molecule has 0 saturated heterocycles. The maximum Gasteiger partial charge on any atom is 0.220 e. The number of aliphatic hydroxyl groups is 2. The van der Waals surface area contributed by atoms with Crippen molar-refractivity contribution in [2.75, 3.05) is 6.61 Å². The number of unbranched alkanes of at least 4 members (excludes halogenated alkanes) is 20. The van der Waals surface area contributed by atoms with Crippen molar-refractivity contribution in [3.05, 3.63) is 12.2 Å². The normalized spacial score (nSPS) is 13.4. The van der Waals surface area contributed by atoms with Gasteiger partial charge >= 0.3 is 0 Å². The molecule has 0 aliphatic rings. The molecule has 0 aliphatic carbocycles. The van der Waals surface area contributed by atoms with Gasteiger partial charge in [0.2, 0.25) is 5.91 Å². The molecule has 0 aromatic carbocycles. The smallest absolute Gasteiger partial charge is 0.220 e. The van der Waals surface area contributed by atoms with Gasteiger partial charge in [0.15, 0.2) is 0 Å². The van der Waals surface area contributed by atoms with Crippen molar-refractivity contribution in [1.82, 2.24) is 5.32 Å². The molecule has 0 saturated carbocycles. The molecule has 0 spiro atoms. The molecule has 0 heterocycles. The monoisotopic (exact) mass is 495 g/mol. The fourth-order valence-electron chi connectivity index (χ4n) is 4.59. The predicted octanol–water partition coefficient (Wildman–Crippen LogP) is 8.39. The molecule has 2 unspecified atom stereocenters. The molecule has 0 aliphatic heterocycles. The van der Waals surface area contributed by atoms with Crippen LogP contribution in [0.4, 0.5) is 0 Å². The van der Waals surface area contributed by atoms with Crippen molar-refractivity contribution in [2.45, 2.75) is 174 Å². The van der Waals surface area contributed by atoms with Crippen LogP contribution < -0.4 is 5.32 Å². The number of allylic oxidation sites excluding steroid dienone is 1. The Bertz CT molecular complexity index is 466. The third-order valence-corrected chi connectivity index (χ3v) is 7.02. The van der Waals surface area contributed by atoms with E-state index in [0.717, 1.165) is 25.7 Å². The van der Waals surface area contributed by atoms with E-state index in [1.807, 2.05) is 6.08 Å². The first-order valence-electron chi connectivity index (χ1n) is 15.4. The van der Waals surface area contributed by atoms with Crippen molar-refractivity contribution < 1.29 is 15.0 Å². The standard InChI is InChI=1S/C31H61NO3/c1-3-5-7-9-11-13-14-15-16-17-18-19-20-22-24-26-30(34)29(28-33)32-31(35)27-25-23-21-12-10-8-6-4-2/h24,26,29-30,33-34H,3-23,25,27-28H2,1-2H3,(H,32,35)/b26-24+. The van der Waals surface area contributed by atoms with E-state index in [0.29, 0.717) is 6.42 Å². The highest BCUT2D eigenvalue weighted by molar-refractivity contribution is 5.76. The molecule has 0 bridgehead atoms. The number of hydrogen-bond acceptors (Lipinski definition) is 3. The van der Waals surface area contributed by atoms with E-state index < -0.39 is 12.1 Å². The van der Waals surface area contributed by atoms with Crippen LogP contribution >= 0.6 is 0 Å². The molecule has 208 valence electrons. The van der Waals surface area contributed by atoms with Crippen LogP contribution in [0.1, 0.15) is 162 Å². The molecule has 0 aromatic heterocycles. The Morgan fingerprint density at radius 1 is 0.657 bits per heavy atom. The van der Waals surface area contributed by atoms with Gasteiger partial charge in [-0.1, -0.05) is 148 Å². The van der Waals surface area contributed by atoms with Crippen LogP contribution in [0.15, 0.2) is 12.2 Å². The Morgan fingerprint density at radius 3 is 1.49 bits per heavy atom. The van der Waals surface area contributed by atoms with Gasteiger partial charge in [-0.05, 0) is 19.3 Å². The van der Waals surface area contributed by atoms with Crippen LogP contribution in [-0.2, 0) is 4.79 Å². The summed E-state index contributed by atoms with van der Waals surface area (Å²) in [4.78, 5) is 12.1. The number of carbonyl (C=O) groups is 1. The highest BCUT2D eigenvalue weighted by atomic mass is 16.3. The van der Waals surface area contributed by atoms with Gasteiger partial charge < -0.3 is 15.5 Å². The first kappa shape index (κ1) is 34.1. The average Bonchev–Trinajstić information content (AvgIpc) is 2.86. The molecule has 1 amide bonds. The van der Waals surface area contributed by atoms with Gasteiger partial charge in [-0.15, -0.1) is 0 Å². The van der Waals surface area contributed by atoms with Gasteiger partial charge in [0.1, 0.15) is 0 Å². The summed E-state index contributed by atoms with van der Waals surface area (Å²) in [7, 11) is 0. The zero-order valence-corrected chi connectivity index (χ0v) is 23.6. The molecule has 3 N–H and O–H groups in total. The average molecular weight is 496 g/mol. The lowest BCUT2D eigenvalue weighted by Crippen LogP contribution is -2.45. The van der Waals surface area contributed by atoms with Crippen LogP contribution in [-0.4, -0.2) is 34.9 Å². The number of hydrogen-bond donors (Lipinski definition) is 3. The quantitative estimate of drug-likeness (QED) is 0.0791. The second-order valence-electron chi connectivity index (χ2n) is 10.5. The van der Waals surface area contributed by atoms with Crippen LogP contribution in [0, 0.1) is 0 Å². The number of amides is 1. The van der Waals surface area contributed by atoms with Crippen molar-refractivity contribution in [3.63, 3.8) is 0 Å². The summed E-state index contributed by atoms with van der Waals surface area (Å²) in [5, 5.41) is 22.7. The Hall–Kier alpha value is -0.870. The van der Waals surface area contributed by atoms with Crippen molar-refractivity contribution in [1.29, 1.82) is 0 Å². The Labute approximate surface area is 218 Å². The lowest BCUT2D eigenvalue weighted by Gasteiger charge is -2.20. The number of nitrogens with one attached hydrogen (secondary N) is 1. The van der Waals surface area contributed by atoms with Gasteiger partial charge in [-0.2, -0.15) is 0 Å². The van der Waals surface area contributed by atoms with Gasteiger partial charge in [0.05, 0.1) is 18.8 Å². The summed E-state index contributed by atoms with van der Waals surface area (Å²) in [5.74, 6) is -0.0704. The second kappa shape index (κ2) is 27.7. The number of rotatable bonds is 27. The third kappa shape index (κ3) is 24.6. The highest BCUT2D eigenvalue weighted by Crippen LogP contribution is 2.13. The molecular weight excluding hydrogens is 434 g/mol. The largest absolute Gasteiger partial charge is 0.394 e. The molecule has 0 fully saturated rings. The summed E-state index contributed by atoms with van der Waals surface area (Å²) in [6.07, 6.45) is 31.4. The molecule has 0 radical (unpaired) electrons. The minimum Gasteiger partial charge on any atom is -0.394 e. The zero-order chi connectivity index (χ0) is 25.8. The summed E-state index contributed by atoms with van der Waals surface area (Å²) in [6, 6.07) is -0.612. The molecule has 4 heteroatoms. The summed E-state index contributed by atoms with van der Waals surface area (Å²) >= 11 is 0. The molecule has 2 atom stereocenters. The van der Waals surface area contributed by atoms with Crippen LogP contribution in [0.5, 0.6) is 0 Å². The van der Waals surface area contributed by atoms with E-state index in [-0.39, 0.29) is 12.5 Å². The van der Waals surface area contributed by atoms with Crippen molar-refractivity contribution in [3.8, 4) is 0 Å².